The van der Waals surface area contributed by atoms with Crippen LogP contribution in [0.1, 0.15) is 0 Å². The molecule has 0 bridgehead atoms. The molecule has 0 aliphatic rings. The van der Waals surface area contributed by atoms with Crippen molar-refractivity contribution in [3.63, 3.8) is 0 Å². The fourth-order valence-corrected chi connectivity index (χ4v) is 0. The quantitative estimate of drug-likeness (QED) is 0.394. The second-order valence-corrected chi connectivity index (χ2v) is 12.8. The lowest BCUT2D eigenvalue weighted by Gasteiger charge is -1.81. The average molecular weight is 330 g/mol. The van der Waals surface area contributed by atoms with Crippen molar-refractivity contribution < 1.29 is 0 Å². The first-order valence-electron chi connectivity index (χ1n) is 0.922. The van der Waals surface area contributed by atoms with E-state index in [0.717, 1.165) is 5.82 Å². The average Bonchev–Trinajstić information content (AvgIpc) is 1.38. The molecule has 0 aromatic carbocycles. The minimum Gasteiger partial charge on any atom is -0.153 e. The van der Waals surface area contributed by atoms with Crippen LogP contribution in [0.25, 0.3) is 0 Å². The smallest absolute Gasteiger partial charge is 0.153 e. The van der Waals surface area contributed by atoms with Crippen LogP contribution in [0.5, 0.6) is 0 Å². The van der Waals surface area contributed by atoms with Gasteiger partial charge in [0.2, 0.25) is 0 Å². The van der Waals surface area contributed by atoms with Crippen molar-refractivity contribution in [1.82, 2.24) is 0 Å². The zero-order valence-electron chi connectivity index (χ0n) is 2.29. The molecule has 0 N–H and O–H groups in total. The van der Waals surface area contributed by atoms with Crippen LogP contribution >= 0.6 is 57.4 Å². The van der Waals surface area contributed by atoms with Gasteiger partial charge in [0.05, 0.1) is 0 Å². The van der Waals surface area contributed by atoms with Gasteiger partial charge in [0, 0.05) is 4.15 Å². The summed E-state index contributed by atoms with van der Waals surface area (Å²) >= 11 is 9.01. The van der Waals surface area contributed by atoms with Crippen molar-refractivity contribution in [2.75, 3.05) is 0 Å². The molecule has 0 aromatic rings. The van der Waals surface area contributed by atoms with Gasteiger partial charge in [-0.2, -0.15) is 15.8 Å². The maximum absolute atomic E-state index is 3.38. The Labute approximate surface area is 62.6 Å². The van der Waals surface area contributed by atoms with Crippen LogP contribution in [-0.4, -0.2) is 5.82 Å². The first kappa shape index (κ1) is 7.18. The summed E-state index contributed by atoms with van der Waals surface area (Å²) in [7, 11) is 0. The monoisotopic (exact) mass is 328 g/mol. The molecule has 0 saturated carbocycles. The lowest BCUT2D eigenvalue weighted by molar-refractivity contribution is 4.90. The molecule has 0 heterocycles. The Balaban J connectivity index is 2.54. The maximum Gasteiger partial charge on any atom is 0.258 e. The van der Waals surface area contributed by atoms with E-state index in [2.05, 4.69) is 53.3 Å². The van der Waals surface area contributed by atoms with E-state index in [1.54, 1.807) is 0 Å². The first-order chi connectivity index (χ1) is 2.27. The Hall–Kier alpha value is 2.18. The van der Waals surface area contributed by atoms with Crippen molar-refractivity contribution in [3.05, 3.63) is 0 Å². The molecule has 1 unspecified atom stereocenters. The minimum absolute atomic E-state index is 0.101. The van der Waals surface area contributed by atoms with Crippen molar-refractivity contribution in [2.45, 2.75) is 0 Å². The van der Waals surface area contributed by atoms with E-state index in [9.17, 15) is 0 Å². The number of rotatable bonds is 1. The van der Waals surface area contributed by atoms with Gasteiger partial charge in [0.1, 0.15) is 0 Å². The molecule has 0 radical (unpaired) electrons. The third kappa shape index (κ3) is 6.18. The molecule has 0 aliphatic heterocycles. The highest BCUT2D eigenvalue weighted by atomic mass is 127. The van der Waals surface area contributed by atoms with Crippen molar-refractivity contribution >= 4 is 63.3 Å². The molecule has 30 valence electrons. The van der Waals surface area contributed by atoms with E-state index in [1.807, 2.05) is 0 Å². The molecule has 1 atom stereocenters. The zero-order valence-corrected chi connectivity index (χ0v) is 8.51. The molecule has 0 fully saturated rings. The second kappa shape index (κ2) is 4.35. The van der Waals surface area contributed by atoms with Crippen LogP contribution in [-0.2, 0) is 0 Å². The summed E-state index contributed by atoms with van der Waals surface area (Å²) in [6.45, 7) is 0. The molecule has 0 aliphatic carbocycles. The third-order valence-electron chi connectivity index (χ3n) is 0.0904. The number of hydrogen-bond acceptors (Lipinski definition) is 0. The van der Waals surface area contributed by atoms with Gasteiger partial charge in [-0.1, -0.05) is 37.5 Å². The van der Waals surface area contributed by atoms with Gasteiger partial charge in [-0.05, 0) is 0 Å². The van der Waals surface area contributed by atoms with E-state index < -0.39 is 0 Å². The van der Waals surface area contributed by atoms with Crippen molar-refractivity contribution in [1.29, 1.82) is 0 Å². The van der Waals surface area contributed by atoms with Gasteiger partial charge < -0.3 is 0 Å². The van der Waals surface area contributed by atoms with E-state index in [4.69, 9.17) is 0 Å². The van der Waals surface area contributed by atoms with Gasteiger partial charge in [-0.25, -0.2) is 0 Å². The van der Waals surface area contributed by atoms with E-state index in [0.29, 0.717) is 0 Å². The molecular formula is HBBr2IP. The van der Waals surface area contributed by atoms with E-state index >= 15 is 0 Å². The highest BCUT2D eigenvalue weighted by molar-refractivity contribution is 14.2. The van der Waals surface area contributed by atoms with Crippen LogP contribution in [0.2, 0.25) is 0 Å². The molecule has 0 saturated heterocycles. The van der Waals surface area contributed by atoms with Crippen LogP contribution < -0.4 is 0 Å². The van der Waals surface area contributed by atoms with E-state index in [-0.39, 0.29) is 4.15 Å². The van der Waals surface area contributed by atoms with Crippen molar-refractivity contribution in [2.24, 2.45) is 0 Å². The normalized spacial score (nSPS) is 14.2. The Morgan fingerprint density at radius 1 is 1.80 bits per heavy atom. The Morgan fingerprint density at radius 3 is 2.00 bits per heavy atom. The minimum atomic E-state index is 0.101. The largest absolute Gasteiger partial charge is 0.258 e. The summed E-state index contributed by atoms with van der Waals surface area (Å²) in [5.74, 6) is 1.09. The molecule has 0 spiro atoms. The summed E-state index contributed by atoms with van der Waals surface area (Å²) in [6.07, 6.45) is 0. The summed E-state index contributed by atoms with van der Waals surface area (Å²) in [4.78, 5) is 0. The molecular weight excluding hydrogens is 328 g/mol. The fraction of sp³-hybridized carbons (Fsp3) is 0. The van der Waals surface area contributed by atoms with E-state index in [1.165, 1.54) is 0 Å². The molecule has 0 rings (SSSR count). The Bertz CT molecular complexity index is 23.6. The summed E-state index contributed by atoms with van der Waals surface area (Å²) < 4.78 is 0.101. The zero-order chi connectivity index (χ0) is 4.28. The molecule has 0 aromatic heterocycles. The Kier molecular flexibility index (Phi) is 6.25. The molecule has 5 heteroatoms. The second-order valence-electron chi connectivity index (χ2n) is 0.422. The lowest BCUT2D eigenvalue weighted by Crippen LogP contribution is -1.48. The lowest BCUT2D eigenvalue weighted by atomic mass is 10.7. The highest BCUT2D eigenvalue weighted by Crippen LogP contribution is 2.51. The standard InChI is InChI=1S/BBr2HIP/c2-1-5(3)4/h1H. The fourth-order valence-electron chi connectivity index (χ4n) is 0. The Morgan fingerprint density at radius 2 is 2.00 bits per heavy atom. The summed E-state index contributed by atoms with van der Waals surface area (Å²) in [5.41, 5.74) is 0. The van der Waals surface area contributed by atoms with Gasteiger partial charge in [0.15, 0.2) is 0 Å². The molecule has 0 nitrogen and oxygen atoms in total. The van der Waals surface area contributed by atoms with Crippen molar-refractivity contribution in [3.8, 4) is 0 Å². The van der Waals surface area contributed by atoms with Crippen LogP contribution in [0.4, 0.5) is 0 Å². The number of halogens is 3. The first-order valence-corrected chi connectivity index (χ1v) is 8.37. The molecule has 0 amide bonds. The maximum atomic E-state index is 3.38. The van der Waals surface area contributed by atoms with Gasteiger partial charge in [-0.3, -0.25) is 0 Å². The highest BCUT2D eigenvalue weighted by Gasteiger charge is 1.90. The summed E-state index contributed by atoms with van der Waals surface area (Å²) in [6, 6.07) is 0. The molecule has 5 heavy (non-hydrogen) atoms. The summed E-state index contributed by atoms with van der Waals surface area (Å²) in [5, 5.41) is 0. The number of hydrogen-bond donors (Lipinski definition) is 0. The predicted octanol–water partition coefficient (Wildman–Crippen LogP) is 2.79. The van der Waals surface area contributed by atoms with Gasteiger partial charge in [0.25, 0.3) is 5.82 Å². The van der Waals surface area contributed by atoms with Gasteiger partial charge >= 0.3 is 0 Å². The van der Waals surface area contributed by atoms with Gasteiger partial charge in [-0.15, -0.1) is 0 Å². The van der Waals surface area contributed by atoms with Crippen LogP contribution in [0.15, 0.2) is 0 Å². The predicted molar refractivity (Wildman–Crippen MR) is 45.9 cm³/mol. The SMILES string of the molecule is BrBP(Br)I. The topological polar surface area (TPSA) is 0 Å². The van der Waals surface area contributed by atoms with Crippen LogP contribution in [0, 0.1) is 0 Å². The third-order valence-corrected chi connectivity index (χ3v) is 8.38. The van der Waals surface area contributed by atoms with Crippen LogP contribution in [0.3, 0.4) is 0 Å².